The second-order valence-corrected chi connectivity index (χ2v) is 7.24. The highest BCUT2D eigenvalue weighted by molar-refractivity contribution is 7.98. The SMILES string of the molecule is Cc1ccc(CSc2nncn2N=Cc2ccc(C(C)C)cc2)cc1. The summed E-state index contributed by atoms with van der Waals surface area (Å²) in [5.41, 5.74) is 4.92. The molecule has 0 bridgehead atoms. The van der Waals surface area contributed by atoms with Gasteiger partial charge in [0.15, 0.2) is 0 Å². The van der Waals surface area contributed by atoms with Crippen LogP contribution in [-0.2, 0) is 5.75 Å². The van der Waals surface area contributed by atoms with Crippen molar-refractivity contribution in [2.75, 3.05) is 0 Å². The molecule has 0 amide bonds. The van der Waals surface area contributed by atoms with Gasteiger partial charge in [-0.05, 0) is 29.5 Å². The third kappa shape index (κ3) is 4.79. The molecule has 2 aromatic carbocycles. The van der Waals surface area contributed by atoms with Crippen molar-refractivity contribution in [3.8, 4) is 0 Å². The van der Waals surface area contributed by atoms with Crippen LogP contribution in [0, 0.1) is 6.92 Å². The van der Waals surface area contributed by atoms with Crippen LogP contribution in [-0.4, -0.2) is 21.1 Å². The van der Waals surface area contributed by atoms with Crippen molar-refractivity contribution in [2.45, 2.75) is 37.6 Å². The van der Waals surface area contributed by atoms with Crippen LogP contribution in [0.4, 0.5) is 0 Å². The van der Waals surface area contributed by atoms with Crippen molar-refractivity contribution in [3.63, 3.8) is 0 Å². The van der Waals surface area contributed by atoms with Crippen LogP contribution in [0.5, 0.6) is 0 Å². The summed E-state index contributed by atoms with van der Waals surface area (Å²) in [5, 5.41) is 13.4. The average molecular weight is 350 g/mol. The number of thioether (sulfide) groups is 1. The van der Waals surface area contributed by atoms with Crippen LogP contribution in [0.15, 0.2) is 65.1 Å². The molecule has 0 spiro atoms. The summed E-state index contributed by atoms with van der Waals surface area (Å²) >= 11 is 1.63. The number of hydrogen-bond acceptors (Lipinski definition) is 4. The first-order chi connectivity index (χ1) is 12.1. The molecule has 0 aliphatic rings. The van der Waals surface area contributed by atoms with Gasteiger partial charge in [-0.2, -0.15) is 9.78 Å². The molecule has 0 saturated heterocycles. The van der Waals surface area contributed by atoms with Crippen molar-refractivity contribution in [1.82, 2.24) is 14.9 Å². The van der Waals surface area contributed by atoms with Crippen LogP contribution >= 0.6 is 11.8 Å². The zero-order valence-corrected chi connectivity index (χ0v) is 15.6. The van der Waals surface area contributed by atoms with Gasteiger partial charge in [0.2, 0.25) is 5.16 Å². The molecular formula is C20H22N4S. The molecule has 128 valence electrons. The molecule has 3 aromatic rings. The molecule has 0 fully saturated rings. The van der Waals surface area contributed by atoms with Gasteiger partial charge in [-0.3, -0.25) is 0 Å². The first-order valence-electron chi connectivity index (χ1n) is 8.34. The van der Waals surface area contributed by atoms with Gasteiger partial charge < -0.3 is 0 Å². The van der Waals surface area contributed by atoms with Gasteiger partial charge in [0.05, 0.1) is 6.21 Å². The highest BCUT2D eigenvalue weighted by Crippen LogP contribution is 2.21. The Morgan fingerprint density at radius 2 is 1.80 bits per heavy atom. The van der Waals surface area contributed by atoms with Crippen molar-refractivity contribution < 1.29 is 0 Å². The smallest absolute Gasteiger partial charge is 0.195 e. The Hall–Kier alpha value is -2.40. The molecule has 1 heterocycles. The largest absolute Gasteiger partial charge is 0.212 e. The maximum atomic E-state index is 4.48. The second kappa shape index (κ2) is 8.12. The van der Waals surface area contributed by atoms with Gasteiger partial charge in [-0.25, -0.2) is 0 Å². The summed E-state index contributed by atoms with van der Waals surface area (Å²) in [7, 11) is 0. The zero-order valence-electron chi connectivity index (χ0n) is 14.8. The lowest BCUT2D eigenvalue weighted by atomic mass is 10.0. The van der Waals surface area contributed by atoms with Gasteiger partial charge in [-0.1, -0.05) is 79.7 Å². The Morgan fingerprint density at radius 1 is 1.08 bits per heavy atom. The van der Waals surface area contributed by atoms with Crippen LogP contribution in [0.25, 0.3) is 0 Å². The number of nitrogens with zero attached hydrogens (tertiary/aromatic N) is 4. The molecule has 0 aliphatic carbocycles. The summed E-state index contributed by atoms with van der Waals surface area (Å²) in [6.07, 6.45) is 3.47. The molecule has 0 saturated carbocycles. The van der Waals surface area contributed by atoms with E-state index in [1.807, 2.05) is 6.21 Å². The number of aryl methyl sites for hydroxylation is 1. The minimum absolute atomic E-state index is 0.536. The van der Waals surface area contributed by atoms with E-state index in [1.54, 1.807) is 22.8 Å². The van der Waals surface area contributed by atoms with Crippen LogP contribution in [0.1, 0.15) is 42.0 Å². The minimum atomic E-state index is 0.536. The quantitative estimate of drug-likeness (QED) is 0.470. The first-order valence-corrected chi connectivity index (χ1v) is 9.33. The number of hydrogen-bond donors (Lipinski definition) is 0. The van der Waals surface area contributed by atoms with Crippen molar-refractivity contribution in [2.24, 2.45) is 5.10 Å². The van der Waals surface area contributed by atoms with Crippen molar-refractivity contribution in [1.29, 1.82) is 0 Å². The van der Waals surface area contributed by atoms with E-state index in [1.165, 1.54) is 16.7 Å². The van der Waals surface area contributed by atoms with E-state index in [4.69, 9.17) is 0 Å². The summed E-state index contributed by atoms with van der Waals surface area (Å²) in [4.78, 5) is 0. The second-order valence-electron chi connectivity index (χ2n) is 6.30. The predicted octanol–water partition coefficient (Wildman–Crippen LogP) is 4.88. The standard InChI is InChI=1S/C20H22N4S/c1-15(2)19-10-8-17(9-11-19)12-22-24-14-21-23-20(24)25-13-18-6-4-16(3)5-7-18/h4-12,14-15H,13H2,1-3H3. The van der Waals surface area contributed by atoms with Crippen molar-refractivity contribution >= 4 is 18.0 Å². The predicted molar refractivity (Wildman–Crippen MR) is 104 cm³/mol. The molecule has 0 aliphatic heterocycles. The summed E-state index contributed by atoms with van der Waals surface area (Å²) in [6, 6.07) is 17.0. The highest BCUT2D eigenvalue weighted by Gasteiger charge is 2.05. The van der Waals surface area contributed by atoms with Crippen molar-refractivity contribution in [3.05, 3.63) is 77.1 Å². The van der Waals surface area contributed by atoms with E-state index in [-0.39, 0.29) is 0 Å². The Balaban J connectivity index is 1.65. The zero-order chi connectivity index (χ0) is 17.6. The lowest BCUT2D eigenvalue weighted by Crippen LogP contribution is -1.93. The summed E-state index contributed by atoms with van der Waals surface area (Å²) < 4.78 is 1.72. The Bertz CT molecular complexity index is 833. The normalized spacial score (nSPS) is 11.5. The molecular weight excluding hydrogens is 328 g/mol. The van der Waals surface area contributed by atoms with Gasteiger partial charge in [-0.15, -0.1) is 10.2 Å². The monoisotopic (exact) mass is 350 g/mol. The van der Waals surface area contributed by atoms with Gasteiger partial charge in [0.25, 0.3) is 0 Å². The fourth-order valence-electron chi connectivity index (χ4n) is 2.32. The Kier molecular flexibility index (Phi) is 5.66. The number of rotatable bonds is 6. The molecule has 5 heteroatoms. The topological polar surface area (TPSA) is 43.1 Å². The lowest BCUT2D eigenvalue weighted by Gasteiger charge is -2.04. The molecule has 25 heavy (non-hydrogen) atoms. The third-order valence-electron chi connectivity index (χ3n) is 3.92. The van der Waals surface area contributed by atoms with E-state index in [0.717, 1.165) is 16.5 Å². The maximum absolute atomic E-state index is 4.48. The fraction of sp³-hybridized carbons (Fsp3) is 0.250. The Labute approximate surface area is 153 Å². The minimum Gasteiger partial charge on any atom is -0.195 e. The lowest BCUT2D eigenvalue weighted by molar-refractivity contribution is 0.767. The molecule has 0 unspecified atom stereocenters. The Morgan fingerprint density at radius 3 is 2.48 bits per heavy atom. The fourth-order valence-corrected chi connectivity index (χ4v) is 3.14. The van der Waals surface area contributed by atoms with Crippen LogP contribution in [0.2, 0.25) is 0 Å². The highest BCUT2D eigenvalue weighted by atomic mass is 32.2. The molecule has 1 aromatic heterocycles. The average Bonchev–Trinajstić information content (AvgIpc) is 3.07. The van der Waals surface area contributed by atoms with E-state index < -0.39 is 0 Å². The van der Waals surface area contributed by atoms with E-state index in [9.17, 15) is 0 Å². The molecule has 3 rings (SSSR count). The molecule has 4 nitrogen and oxygen atoms in total. The maximum Gasteiger partial charge on any atom is 0.212 e. The van der Waals surface area contributed by atoms with E-state index in [0.29, 0.717) is 5.92 Å². The van der Waals surface area contributed by atoms with E-state index in [2.05, 4.69) is 84.6 Å². The van der Waals surface area contributed by atoms with Crippen LogP contribution < -0.4 is 0 Å². The van der Waals surface area contributed by atoms with Crippen LogP contribution in [0.3, 0.4) is 0 Å². The third-order valence-corrected chi connectivity index (χ3v) is 4.93. The summed E-state index contributed by atoms with van der Waals surface area (Å²) in [6.45, 7) is 6.48. The van der Waals surface area contributed by atoms with Gasteiger partial charge in [0, 0.05) is 5.75 Å². The number of benzene rings is 2. The van der Waals surface area contributed by atoms with E-state index >= 15 is 0 Å². The molecule has 0 radical (unpaired) electrons. The van der Waals surface area contributed by atoms with Gasteiger partial charge in [0.1, 0.15) is 6.33 Å². The van der Waals surface area contributed by atoms with Gasteiger partial charge >= 0.3 is 0 Å². The summed E-state index contributed by atoms with van der Waals surface area (Å²) in [5.74, 6) is 1.38. The number of aromatic nitrogens is 3. The first kappa shape index (κ1) is 17.4. The molecule has 0 atom stereocenters. The molecule has 0 N–H and O–H groups in total.